The summed E-state index contributed by atoms with van der Waals surface area (Å²) in [4.78, 5) is 25.6. The van der Waals surface area contributed by atoms with Crippen LogP contribution in [0.1, 0.15) is 50.5 Å². The average Bonchev–Trinajstić information content (AvgIpc) is 2.42. The van der Waals surface area contributed by atoms with Crippen LogP contribution in [0.4, 0.5) is 4.79 Å². The van der Waals surface area contributed by atoms with Gasteiger partial charge in [0.1, 0.15) is 0 Å². The van der Waals surface area contributed by atoms with Crippen LogP contribution in [0.15, 0.2) is 24.3 Å². The molecule has 0 heterocycles. The number of amides is 2. The van der Waals surface area contributed by atoms with E-state index in [9.17, 15) is 9.59 Å². The third-order valence-corrected chi connectivity index (χ3v) is 3.09. The number of nitrogens with one attached hydrogen (secondary N) is 1. The first-order chi connectivity index (χ1) is 10.1. The third-order valence-electron chi connectivity index (χ3n) is 3.09. The molecule has 122 valence electrons. The molecular weight excluding hydrogens is 280 g/mol. The summed E-state index contributed by atoms with van der Waals surface area (Å²) < 4.78 is 4.68. The van der Waals surface area contributed by atoms with Gasteiger partial charge in [0.05, 0.1) is 12.7 Å². The van der Waals surface area contributed by atoms with Crippen molar-refractivity contribution in [2.24, 2.45) is 0 Å². The lowest BCUT2D eigenvalue weighted by molar-refractivity contribution is 0.0600. The lowest BCUT2D eigenvalue weighted by Gasteiger charge is -2.31. The molecule has 0 aromatic heterocycles. The van der Waals surface area contributed by atoms with Crippen molar-refractivity contribution in [3.8, 4) is 0 Å². The van der Waals surface area contributed by atoms with Gasteiger partial charge in [0.2, 0.25) is 0 Å². The molecule has 0 saturated carbocycles. The van der Waals surface area contributed by atoms with Gasteiger partial charge in [0.25, 0.3) is 0 Å². The summed E-state index contributed by atoms with van der Waals surface area (Å²) in [5.41, 5.74) is 1.19. The molecular formula is C17H26N2O3. The maximum atomic E-state index is 12.4. The van der Waals surface area contributed by atoms with E-state index in [0.717, 1.165) is 5.56 Å². The van der Waals surface area contributed by atoms with E-state index in [-0.39, 0.29) is 23.6 Å². The quantitative estimate of drug-likeness (QED) is 0.869. The summed E-state index contributed by atoms with van der Waals surface area (Å²) in [7, 11) is 1.35. The zero-order valence-electron chi connectivity index (χ0n) is 14.3. The molecule has 0 atom stereocenters. The Kier molecular flexibility index (Phi) is 5.97. The van der Waals surface area contributed by atoms with Crippen molar-refractivity contribution >= 4 is 12.0 Å². The van der Waals surface area contributed by atoms with Gasteiger partial charge in [0.15, 0.2) is 0 Å². The van der Waals surface area contributed by atoms with Crippen molar-refractivity contribution in [3.63, 3.8) is 0 Å². The number of esters is 1. The highest BCUT2D eigenvalue weighted by Crippen LogP contribution is 2.12. The number of nitrogens with zero attached hydrogens (tertiary/aromatic N) is 1. The second kappa shape index (κ2) is 7.29. The minimum absolute atomic E-state index is 0.0719. The highest BCUT2D eigenvalue weighted by molar-refractivity contribution is 5.89. The first kappa shape index (κ1) is 18.0. The number of methoxy groups -OCH3 is 1. The fourth-order valence-corrected chi connectivity index (χ4v) is 1.94. The number of ether oxygens (including phenoxy) is 1. The van der Waals surface area contributed by atoms with Crippen LogP contribution >= 0.6 is 0 Å². The number of urea groups is 1. The Morgan fingerprint density at radius 3 is 2.14 bits per heavy atom. The Bertz CT molecular complexity index is 516. The van der Waals surface area contributed by atoms with Crippen molar-refractivity contribution < 1.29 is 14.3 Å². The Morgan fingerprint density at radius 2 is 1.73 bits per heavy atom. The molecule has 2 amide bonds. The van der Waals surface area contributed by atoms with E-state index in [1.165, 1.54) is 7.11 Å². The van der Waals surface area contributed by atoms with Crippen LogP contribution in [0, 0.1) is 0 Å². The van der Waals surface area contributed by atoms with Crippen LogP contribution < -0.4 is 5.32 Å². The molecule has 0 unspecified atom stereocenters. The van der Waals surface area contributed by atoms with E-state index >= 15 is 0 Å². The van der Waals surface area contributed by atoms with Gasteiger partial charge in [-0.25, -0.2) is 9.59 Å². The topological polar surface area (TPSA) is 58.6 Å². The normalized spacial score (nSPS) is 11.2. The van der Waals surface area contributed by atoms with Crippen LogP contribution in [0.2, 0.25) is 0 Å². The molecule has 5 heteroatoms. The second-order valence-electron chi connectivity index (χ2n) is 6.59. The van der Waals surface area contributed by atoms with Crippen molar-refractivity contribution in [1.82, 2.24) is 10.2 Å². The summed E-state index contributed by atoms with van der Waals surface area (Å²) in [5.74, 6) is -0.363. The summed E-state index contributed by atoms with van der Waals surface area (Å²) in [6.45, 7) is 10.3. The van der Waals surface area contributed by atoms with Crippen LogP contribution in [0.5, 0.6) is 0 Å². The maximum Gasteiger partial charge on any atom is 0.337 e. The maximum absolute atomic E-state index is 12.4. The van der Waals surface area contributed by atoms with Gasteiger partial charge >= 0.3 is 12.0 Å². The predicted molar refractivity (Wildman–Crippen MR) is 86.7 cm³/mol. The zero-order chi connectivity index (χ0) is 16.9. The number of hydrogen-bond donors (Lipinski definition) is 1. The molecule has 0 spiro atoms. The molecule has 1 aromatic carbocycles. The Labute approximate surface area is 132 Å². The molecule has 0 aliphatic rings. The van der Waals surface area contributed by atoms with Gasteiger partial charge < -0.3 is 15.0 Å². The highest BCUT2D eigenvalue weighted by atomic mass is 16.5. The van der Waals surface area contributed by atoms with Crippen LogP contribution in [0.3, 0.4) is 0 Å². The molecule has 0 bridgehead atoms. The number of hydrogen-bond acceptors (Lipinski definition) is 3. The van der Waals surface area contributed by atoms with E-state index in [1.807, 2.05) is 46.8 Å². The SMILES string of the molecule is COC(=O)c1ccc(CN(C(=O)NC(C)(C)C)C(C)C)cc1. The number of rotatable bonds is 4. The van der Waals surface area contributed by atoms with Crippen LogP contribution in [-0.2, 0) is 11.3 Å². The highest BCUT2D eigenvalue weighted by Gasteiger charge is 2.22. The van der Waals surface area contributed by atoms with Gasteiger partial charge in [-0.3, -0.25) is 0 Å². The van der Waals surface area contributed by atoms with E-state index in [2.05, 4.69) is 10.1 Å². The summed E-state index contributed by atoms with van der Waals surface area (Å²) in [6.07, 6.45) is 0. The molecule has 0 aliphatic carbocycles. The van der Waals surface area contributed by atoms with Gasteiger partial charge in [-0.05, 0) is 52.3 Å². The molecule has 0 saturated heterocycles. The lowest BCUT2D eigenvalue weighted by Crippen LogP contribution is -2.50. The molecule has 1 rings (SSSR count). The first-order valence-electron chi connectivity index (χ1n) is 7.40. The molecule has 1 N–H and O–H groups in total. The number of carbonyl (C=O) groups excluding carboxylic acids is 2. The number of carbonyl (C=O) groups is 2. The fourth-order valence-electron chi connectivity index (χ4n) is 1.94. The van der Waals surface area contributed by atoms with Crippen molar-refractivity contribution in [2.45, 2.75) is 52.7 Å². The third kappa shape index (κ3) is 5.39. The van der Waals surface area contributed by atoms with Crippen molar-refractivity contribution in [2.75, 3.05) is 7.11 Å². The Hall–Kier alpha value is -2.04. The van der Waals surface area contributed by atoms with E-state index < -0.39 is 0 Å². The lowest BCUT2D eigenvalue weighted by atomic mass is 10.1. The summed E-state index contributed by atoms with van der Waals surface area (Å²) in [6, 6.07) is 7.07. The number of benzene rings is 1. The molecule has 0 fully saturated rings. The van der Waals surface area contributed by atoms with E-state index in [1.54, 1.807) is 17.0 Å². The van der Waals surface area contributed by atoms with Crippen LogP contribution in [0.25, 0.3) is 0 Å². The smallest absolute Gasteiger partial charge is 0.337 e. The first-order valence-corrected chi connectivity index (χ1v) is 7.40. The minimum atomic E-state index is -0.363. The standard InChI is InChI=1S/C17H26N2O3/c1-12(2)19(16(21)18-17(3,4)5)11-13-7-9-14(10-8-13)15(20)22-6/h7-10,12H,11H2,1-6H3,(H,18,21). The van der Waals surface area contributed by atoms with Crippen molar-refractivity contribution in [3.05, 3.63) is 35.4 Å². The Morgan fingerprint density at radius 1 is 1.18 bits per heavy atom. The summed E-state index contributed by atoms with van der Waals surface area (Å²) in [5, 5.41) is 2.97. The second-order valence-corrected chi connectivity index (χ2v) is 6.59. The average molecular weight is 306 g/mol. The van der Waals surface area contributed by atoms with E-state index in [0.29, 0.717) is 12.1 Å². The van der Waals surface area contributed by atoms with Crippen molar-refractivity contribution in [1.29, 1.82) is 0 Å². The monoisotopic (exact) mass is 306 g/mol. The van der Waals surface area contributed by atoms with E-state index in [4.69, 9.17) is 0 Å². The zero-order valence-corrected chi connectivity index (χ0v) is 14.3. The fraction of sp³-hybridized carbons (Fsp3) is 0.529. The van der Waals surface area contributed by atoms with Gasteiger partial charge in [-0.15, -0.1) is 0 Å². The molecule has 1 aromatic rings. The summed E-state index contributed by atoms with van der Waals surface area (Å²) >= 11 is 0. The van der Waals surface area contributed by atoms with Gasteiger partial charge in [0, 0.05) is 18.1 Å². The largest absolute Gasteiger partial charge is 0.465 e. The molecule has 0 aliphatic heterocycles. The van der Waals surface area contributed by atoms with Gasteiger partial charge in [-0.2, -0.15) is 0 Å². The molecule has 5 nitrogen and oxygen atoms in total. The predicted octanol–water partition coefficient (Wildman–Crippen LogP) is 3.19. The molecule has 0 radical (unpaired) electrons. The minimum Gasteiger partial charge on any atom is -0.465 e. The van der Waals surface area contributed by atoms with Crippen LogP contribution in [-0.4, -0.2) is 35.6 Å². The molecule has 22 heavy (non-hydrogen) atoms. The van der Waals surface area contributed by atoms with Gasteiger partial charge in [-0.1, -0.05) is 12.1 Å². The Balaban J connectivity index is 2.83.